The summed E-state index contributed by atoms with van der Waals surface area (Å²) in [5, 5.41) is 11.4. The van der Waals surface area contributed by atoms with Crippen molar-refractivity contribution < 1.29 is 9.53 Å². The summed E-state index contributed by atoms with van der Waals surface area (Å²) in [4.78, 5) is 14.2. The molecule has 0 unspecified atom stereocenters. The molecule has 1 aromatic heterocycles. The molecular formula is C21H22N4O2. The highest BCUT2D eigenvalue weighted by Gasteiger charge is 2.14. The van der Waals surface area contributed by atoms with Gasteiger partial charge in [-0.15, -0.1) is 10.2 Å². The van der Waals surface area contributed by atoms with Crippen LogP contribution < -0.4 is 10.1 Å². The van der Waals surface area contributed by atoms with E-state index in [1.165, 1.54) is 0 Å². The van der Waals surface area contributed by atoms with Crippen molar-refractivity contribution in [3.63, 3.8) is 0 Å². The maximum Gasteiger partial charge on any atom is 0.274 e. The van der Waals surface area contributed by atoms with Crippen LogP contribution in [0.25, 0.3) is 0 Å². The SMILES string of the molecule is COc1ccc(C)cc1Nc1ccc(C(=O)N(C)Cc2ccccc2)nn1. The van der Waals surface area contributed by atoms with Crippen molar-refractivity contribution in [1.29, 1.82) is 0 Å². The van der Waals surface area contributed by atoms with E-state index in [1.807, 2.05) is 55.5 Å². The van der Waals surface area contributed by atoms with Gasteiger partial charge in [-0.05, 0) is 42.3 Å². The van der Waals surface area contributed by atoms with Crippen LogP contribution in [0.3, 0.4) is 0 Å². The lowest BCUT2D eigenvalue weighted by molar-refractivity contribution is 0.0778. The molecule has 0 aliphatic heterocycles. The van der Waals surface area contributed by atoms with Crippen LogP contribution in [0, 0.1) is 6.92 Å². The van der Waals surface area contributed by atoms with Gasteiger partial charge in [-0.2, -0.15) is 0 Å². The van der Waals surface area contributed by atoms with Gasteiger partial charge in [0, 0.05) is 13.6 Å². The molecule has 6 nitrogen and oxygen atoms in total. The lowest BCUT2D eigenvalue weighted by Gasteiger charge is -2.16. The summed E-state index contributed by atoms with van der Waals surface area (Å²) in [6.45, 7) is 2.52. The molecule has 0 saturated carbocycles. The van der Waals surface area contributed by atoms with E-state index < -0.39 is 0 Å². The number of carbonyl (C=O) groups excluding carboxylic acids is 1. The zero-order valence-corrected chi connectivity index (χ0v) is 15.6. The van der Waals surface area contributed by atoms with E-state index in [0.717, 1.165) is 16.8 Å². The highest BCUT2D eigenvalue weighted by molar-refractivity contribution is 5.92. The van der Waals surface area contributed by atoms with Crippen molar-refractivity contribution in [1.82, 2.24) is 15.1 Å². The summed E-state index contributed by atoms with van der Waals surface area (Å²) in [6, 6.07) is 19.1. The van der Waals surface area contributed by atoms with E-state index in [4.69, 9.17) is 4.74 Å². The monoisotopic (exact) mass is 362 g/mol. The van der Waals surface area contributed by atoms with Crippen molar-refractivity contribution in [3.8, 4) is 5.75 Å². The van der Waals surface area contributed by atoms with E-state index in [0.29, 0.717) is 23.8 Å². The highest BCUT2D eigenvalue weighted by atomic mass is 16.5. The first-order valence-corrected chi connectivity index (χ1v) is 8.61. The Balaban J connectivity index is 1.70. The van der Waals surface area contributed by atoms with Gasteiger partial charge in [0.25, 0.3) is 5.91 Å². The summed E-state index contributed by atoms with van der Waals surface area (Å²) >= 11 is 0. The van der Waals surface area contributed by atoms with Crippen LogP contribution in [0.15, 0.2) is 60.7 Å². The summed E-state index contributed by atoms with van der Waals surface area (Å²) in [5.41, 5.74) is 3.26. The summed E-state index contributed by atoms with van der Waals surface area (Å²) < 4.78 is 5.35. The van der Waals surface area contributed by atoms with Crippen molar-refractivity contribution in [2.24, 2.45) is 0 Å². The number of carbonyl (C=O) groups is 1. The summed E-state index contributed by atoms with van der Waals surface area (Å²) in [6.07, 6.45) is 0. The maximum atomic E-state index is 12.5. The maximum absolute atomic E-state index is 12.5. The largest absolute Gasteiger partial charge is 0.495 e. The van der Waals surface area contributed by atoms with Gasteiger partial charge in [0.1, 0.15) is 5.75 Å². The zero-order chi connectivity index (χ0) is 19.2. The fourth-order valence-electron chi connectivity index (χ4n) is 2.70. The van der Waals surface area contributed by atoms with Crippen molar-refractivity contribution in [2.45, 2.75) is 13.5 Å². The smallest absolute Gasteiger partial charge is 0.274 e. The Morgan fingerprint density at radius 1 is 1.07 bits per heavy atom. The normalized spacial score (nSPS) is 10.3. The lowest BCUT2D eigenvalue weighted by atomic mass is 10.2. The number of amides is 1. The second-order valence-electron chi connectivity index (χ2n) is 6.28. The molecule has 0 radical (unpaired) electrons. The average Bonchev–Trinajstić information content (AvgIpc) is 2.69. The number of aromatic nitrogens is 2. The first-order valence-electron chi connectivity index (χ1n) is 8.61. The Labute approximate surface area is 158 Å². The van der Waals surface area contributed by atoms with Gasteiger partial charge in [-0.25, -0.2) is 0 Å². The standard InChI is InChI=1S/C21H22N4O2/c1-15-9-11-19(27-3)18(13-15)22-20-12-10-17(23-24-20)21(26)25(2)14-16-7-5-4-6-8-16/h4-13H,14H2,1-3H3,(H,22,24). The molecule has 1 amide bonds. The van der Waals surface area contributed by atoms with Crippen molar-refractivity contribution >= 4 is 17.4 Å². The molecule has 0 aliphatic carbocycles. The van der Waals surface area contributed by atoms with Gasteiger partial charge >= 0.3 is 0 Å². The topological polar surface area (TPSA) is 67.3 Å². The van der Waals surface area contributed by atoms with E-state index in [2.05, 4.69) is 15.5 Å². The number of nitrogens with zero attached hydrogens (tertiary/aromatic N) is 3. The van der Waals surface area contributed by atoms with Crippen LogP contribution in [-0.2, 0) is 6.54 Å². The number of ether oxygens (including phenoxy) is 1. The molecule has 0 spiro atoms. The van der Waals surface area contributed by atoms with Crippen molar-refractivity contribution in [2.75, 3.05) is 19.5 Å². The van der Waals surface area contributed by atoms with Crippen molar-refractivity contribution in [3.05, 3.63) is 77.5 Å². The predicted octanol–water partition coefficient (Wildman–Crippen LogP) is 3.81. The van der Waals surface area contributed by atoms with Crippen LogP contribution in [0.4, 0.5) is 11.5 Å². The molecule has 1 N–H and O–H groups in total. The molecule has 138 valence electrons. The fraction of sp³-hybridized carbons (Fsp3) is 0.190. The predicted molar refractivity (Wildman–Crippen MR) is 105 cm³/mol. The second-order valence-corrected chi connectivity index (χ2v) is 6.28. The lowest BCUT2D eigenvalue weighted by Crippen LogP contribution is -2.27. The summed E-state index contributed by atoms with van der Waals surface area (Å²) in [7, 11) is 3.37. The van der Waals surface area contributed by atoms with Crippen LogP contribution in [-0.4, -0.2) is 35.2 Å². The molecule has 0 atom stereocenters. The molecular weight excluding hydrogens is 340 g/mol. The van der Waals surface area contributed by atoms with Gasteiger partial charge in [0.05, 0.1) is 12.8 Å². The molecule has 27 heavy (non-hydrogen) atoms. The second kappa shape index (κ2) is 8.31. The molecule has 3 aromatic rings. The molecule has 0 saturated heterocycles. The van der Waals surface area contributed by atoms with Gasteiger partial charge in [0.2, 0.25) is 0 Å². The Morgan fingerprint density at radius 2 is 1.85 bits per heavy atom. The zero-order valence-electron chi connectivity index (χ0n) is 15.6. The molecule has 3 rings (SSSR count). The Kier molecular flexibility index (Phi) is 5.66. The van der Waals surface area contributed by atoms with Crippen LogP contribution >= 0.6 is 0 Å². The molecule has 6 heteroatoms. The number of methoxy groups -OCH3 is 1. The van der Waals surface area contributed by atoms with E-state index >= 15 is 0 Å². The number of rotatable bonds is 6. The highest BCUT2D eigenvalue weighted by Crippen LogP contribution is 2.27. The van der Waals surface area contributed by atoms with Gasteiger partial charge in [-0.3, -0.25) is 4.79 Å². The third kappa shape index (κ3) is 4.61. The Bertz CT molecular complexity index is 911. The summed E-state index contributed by atoms with van der Waals surface area (Å²) in [5.74, 6) is 1.08. The first-order chi connectivity index (χ1) is 13.1. The molecule has 0 aliphatic rings. The van der Waals surface area contributed by atoms with Gasteiger partial charge < -0.3 is 15.0 Å². The third-order valence-corrected chi connectivity index (χ3v) is 4.11. The molecule has 0 bridgehead atoms. The number of anilines is 2. The van der Waals surface area contributed by atoms with E-state index in [9.17, 15) is 4.79 Å². The van der Waals surface area contributed by atoms with Crippen LogP contribution in [0.1, 0.15) is 21.6 Å². The average molecular weight is 362 g/mol. The van der Waals surface area contributed by atoms with Gasteiger partial charge in [0.15, 0.2) is 11.5 Å². The van der Waals surface area contributed by atoms with Crippen LogP contribution in [0.5, 0.6) is 5.75 Å². The number of nitrogens with one attached hydrogen (secondary N) is 1. The Hall–Kier alpha value is -3.41. The van der Waals surface area contributed by atoms with Crippen LogP contribution in [0.2, 0.25) is 0 Å². The molecule has 2 aromatic carbocycles. The van der Waals surface area contributed by atoms with E-state index in [-0.39, 0.29) is 5.91 Å². The molecule has 0 fully saturated rings. The fourth-order valence-corrected chi connectivity index (χ4v) is 2.70. The van der Waals surface area contributed by atoms with Gasteiger partial charge in [-0.1, -0.05) is 36.4 Å². The Morgan fingerprint density at radius 3 is 2.52 bits per heavy atom. The minimum absolute atomic E-state index is 0.175. The van der Waals surface area contributed by atoms with E-state index in [1.54, 1.807) is 31.2 Å². The number of hydrogen-bond donors (Lipinski definition) is 1. The minimum atomic E-state index is -0.175. The molecule has 1 heterocycles. The minimum Gasteiger partial charge on any atom is -0.495 e. The quantitative estimate of drug-likeness (QED) is 0.722. The first kappa shape index (κ1) is 18.4. The number of benzene rings is 2. The number of aryl methyl sites for hydroxylation is 1. The number of hydrogen-bond acceptors (Lipinski definition) is 5. The third-order valence-electron chi connectivity index (χ3n) is 4.11.